The summed E-state index contributed by atoms with van der Waals surface area (Å²) in [5, 5.41) is 0. The average molecular weight is 146 g/mol. The van der Waals surface area contributed by atoms with Gasteiger partial charge in [-0.15, -0.1) is 0 Å². The summed E-state index contributed by atoms with van der Waals surface area (Å²) >= 11 is 0. The molecule has 58 valence electrons. The Labute approximate surface area is 68.3 Å². The molecule has 0 saturated heterocycles. The van der Waals surface area contributed by atoms with Crippen LogP contribution in [0.25, 0.3) is 0 Å². The van der Waals surface area contributed by atoms with Crippen LogP contribution in [0.4, 0.5) is 0 Å². The van der Waals surface area contributed by atoms with E-state index in [0.29, 0.717) is 0 Å². The van der Waals surface area contributed by atoms with Crippen LogP contribution in [0.15, 0.2) is 12.1 Å². The number of fused-ring (bicyclic) bond motifs is 1. The predicted octanol–water partition coefficient (Wildman–Crippen LogP) is 3.02. The van der Waals surface area contributed by atoms with Gasteiger partial charge in [-0.1, -0.05) is 31.5 Å². The molecule has 0 bridgehead atoms. The van der Waals surface area contributed by atoms with E-state index in [1.165, 1.54) is 12.0 Å². The highest BCUT2D eigenvalue weighted by atomic mass is 14.3. The fraction of sp³-hybridized carbons (Fsp3) is 0.455. The molecule has 0 radical (unpaired) electrons. The molecule has 0 aliphatic heterocycles. The summed E-state index contributed by atoms with van der Waals surface area (Å²) in [7, 11) is 0. The molecule has 1 aliphatic carbocycles. The fourth-order valence-corrected chi connectivity index (χ4v) is 1.96. The molecule has 0 N–H and O–H groups in total. The lowest BCUT2D eigenvalue weighted by Crippen LogP contribution is -1.80. The van der Waals surface area contributed by atoms with Gasteiger partial charge in [0.15, 0.2) is 0 Å². The molecule has 1 aliphatic rings. The Morgan fingerprint density at radius 3 is 2.73 bits per heavy atom. The largest absolute Gasteiger partial charge is 0.0613 e. The first-order chi connectivity index (χ1) is 5.24. The molecule has 0 saturated carbocycles. The zero-order valence-electron chi connectivity index (χ0n) is 7.44. The summed E-state index contributed by atoms with van der Waals surface area (Å²) in [6, 6.07) is 4.64. The molecule has 1 aromatic carbocycles. The van der Waals surface area contributed by atoms with Crippen LogP contribution in [-0.4, -0.2) is 0 Å². The van der Waals surface area contributed by atoms with Crippen molar-refractivity contribution in [1.82, 2.24) is 0 Å². The fourth-order valence-electron chi connectivity index (χ4n) is 1.96. The molecular weight excluding hydrogens is 132 g/mol. The molecule has 0 spiro atoms. The van der Waals surface area contributed by atoms with Crippen LogP contribution in [-0.2, 0) is 6.42 Å². The molecule has 0 aromatic heterocycles. The minimum Gasteiger partial charge on any atom is -0.0613 e. The first kappa shape index (κ1) is 6.90. The summed E-state index contributed by atoms with van der Waals surface area (Å²) in [6.45, 7) is 6.72. The SMILES string of the molecule is CCc1cc(C)cc2c1[C@H]2C. The molecule has 0 heteroatoms. The average Bonchev–Trinajstić information content (AvgIpc) is 2.61. The highest BCUT2D eigenvalue weighted by Crippen LogP contribution is 2.45. The lowest BCUT2D eigenvalue weighted by Gasteiger charge is -1.95. The van der Waals surface area contributed by atoms with Crippen molar-refractivity contribution in [3.8, 4) is 0 Å². The summed E-state index contributed by atoms with van der Waals surface area (Å²) in [5.74, 6) is 0.763. The topological polar surface area (TPSA) is 0 Å². The van der Waals surface area contributed by atoms with E-state index in [1.807, 2.05) is 0 Å². The third-order valence-corrected chi connectivity index (χ3v) is 2.64. The molecular formula is C11H14. The number of benzene rings is 1. The summed E-state index contributed by atoms with van der Waals surface area (Å²) < 4.78 is 0. The Morgan fingerprint density at radius 2 is 2.09 bits per heavy atom. The maximum absolute atomic E-state index is 2.32. The van der Waals surface area contributed by atoms with Crippen molar-refractivity contribution in [2.45, 2.75) is 33.1 Å². The highest BCUT2D eigenvalue weighted by Gasteiger charge is 2.30. The summed E-state index contributed by atoms with van der Waals surface area (Å²) in [6.07, 6.45) is 1.19. The van der Waals surface area contributed by atoms with Crippen LogP contribution in [0.3, 0.4) is 0 Å². The second-order valence-corrected chi connectivity index (χ2v) is 3.50. The first-order valence-electron chi connectivity index (χ1n) is 4.37. The standard InChI is InChI=1S/C11H14/c1-4-9-5-7(2)6-10-8(3)11(9)10/h5-6,8H,4H2,1-3H3/t8-/m0/s1. The van der Waals surface area contributed by atoms with Crippen molar-refractivity contribution in [3.63, 3.8) is 0 Å². The smallest absolute Gasteiger partial charge is 0.00698 e. The Bertz CT molecular complexity index is 297. The van der Waals surface area contributed by atoms with Crippen molar-refractivity contribution >= 4 is 0 Å². The van der Waals surface area contributed by atoms with Crippen LogP contribution in [0.5, 0.6) is 0 Å². The quantitative estimate of drug-likeness (QED) is 0.571. The Balaban J connectivity index is 2.52. The molecule has 0 nitrogen and oxygen atoms in total. The van der Waals surface area contributed by atoms with Gasteiger partial charge in [-0.05, 0) is 30.0 Å². The molecule has 11 heavy (non-hydrogen) atoms. The highest BCUT2D eigenvalue weighted by molar-refractivity contribution is 5.58. The van der Waals surface area contributed by atoms with Gasteiger partial charge >= 0.3 is 0 Å². The minimum absolute atomic E-state index is 0.763. The second kappa shape index (κ2) is 2.10. The van der Waals surface area contributed by atoms with E-state index < -0.39 is 0 Å². The Hall–Kier alpha value is -0.780. The first-order valence-corrected chi connectivity index (χ1v) is 4.37. The Kier molecular flexibility index (Phi) is 1.32. The number of hydrogen-bond donors (Lipinski definition) is 0. The van der Waals surface area contributed by atoms with Gasteiger partial charge in [0, 0.05) is 5.92 Å². The van der Waals surface area contributed by atoms with Gasteiger partial charge in [-0.25, -0.2) is 0 Å². The lowest BCUT2D eigenvalue weighted by molar-refractivity contribution is 1.08. The second-order valence-electron chi connectivity index (χ2n) is 3.50. The van der Waals surface area contributed by atoms with Crippen molar-refractivity contribution in [2.24, 2.45) is 0 Å². The van der Waals surface area contributed by atoms with Crippen molar-refractivity contribution in [1.29, 1.82) is 0 Å². The number of rotatable bonds is 1. The van der Waals surface area contributed by atoms with E-state index in [-0.39, 0.29) is 0 Å². The van der Waals surface area contributed by atoms with E-state index in [9.17, 15) is 0 Å². The van der Waals surface area contributed by atoms with Crippen molar-refractivity contribution in [2.75, 3.05) is 0 Å². The van der Waals surface area contributed by atoms with E-state index in [0.717, 1.165) is 5.92 Å². The van der Waals surface area contributed by atoms with Gasteiger partial charge in [0.2, 0.25) is 0 Å². The van der Waals surface area contributed by atoms with E-state index >= 15 is 0 Å². The van der Waals surface area contributed by atoms with Crippen LogP contribution >= 0.6 is 0 Å². The Morgan fingerprint density at radius 1 is 1.36 bits per heavy atom. The van der Waals surface area contributed by atoms with Crippen LogP contribution < -0.4 is 0 Å². The molecule has 2 rings (SSSR count). The van der Waals surface area contributed by atoms with E-state index in [4.69, 9.17) is 0 Å². The zero-order chi connectivity index (χ0) is 8.01. The van der Waals surface area contributed by atoms with Gasteiger partial charge in [-0.2, -0.15) is 0 Å². The third-order valence-electron chi connectivity index (χ3n) is 2.64. The normalized spacial score (nSPS) is 19.7. The number of aryl methyl sites for hydroxylation is 2. The molecule has 1 atom stereocenters. The van der Waals surface area contributed by atoms with E-state index in [1.54, 1.807) is 16.7 Å². The van der Waals surface area contributed by atoms with Gasteiger partial charge in [-0.3, -0.25) is 0 Å². The lowest BCUT2D eigenvalue weighted by atomic mass is 10.1. The third kappa shape index (κ3) is 0.891. The summed E-state index contributed by atoms with van der Waals surface area (Å²) in [5.41, 5.74) is 6.19. The zero-order valence-corrected chi connectivity index (χ0v) is 7.44. The molecule has 0 heterocycles. The van der Waals surface area contributed by atoms with Crippen molar-refractivity contribution in [3.05, 3.63) is 34.4 Å². The van der Waals surface area contributed by atoms with Gasteiger partial charge < -0.3 is 0 Å². The van der Waals surface area contributed by atoms with Crippen LogP contribution in [0.1, 0.15) is 42.0 Å². The van der Waals surface area contributed by atoms with Crippen LogP contribution in [0.2, 0.25) is 0 Å². The predicted molar refractivity (Wildman–Crippen MR) is 48.1 cm³/mol. The van der Waals surface area contributed by atoms with E-state index in [2.05, 4.69) is 32.9 Å². The molecule has 1 aromatic rings. The van der Waals surface area contributed by atoms with Crippen molar-refractivity contribution < 1.29 is 0 Å². The number of hydrogen-bond acceptors (Lipinski definition) is 0. The van der Waals surface area contributed by atoms with Gasteiger partial charge in [0.05, 0.1) is 0 Å². The maximum atomic E-state index is 2.32. The maximum Gasteiger partial charge on any atom is 0.00698 e. The molecule has 0 unspecified atom stereocenters. The molecule has 0 amide bonds. The minimum atomic E-state index is 0.763. The molecule has 0 fully saturated rings. The van der Waals surface area contributed by atoms with Gasteiger partial charge in [0.1, 0.15) is 0 Å². The summed E-state index contributed by atoms with van der Waals surface area (Å²) in [4.78, 5) is 0. The van der Waals surface area contributed by atoms with Crippen LogP contribution in [0, 0.1) is 6.92 Å². The van der Waals surface area contributed by atoms with Gasteiger partial charge in [0.25, 0.3) is 0 Å². The monoisotopic (exact) mass is 146 g/mol.